The van der Waals surface area contributed by atoms with Crippen molar-refractivity contribution in [2.45, 2.75) is 56.3 Å². The predicted octanol–water partition coefficient (Wildman–Crippen LogP) is 1.99. The van der Waals surface area contributed by atoms with Crippen LogP contribution in [0.3, 0.4) is 0 Å². The second-order valence-corrected chi connectivity index (χ2v) is 7.53. The van der Waals surface area contributed by atoms with Crippen molar-refractivity contribution < 1.29 is 23.7 Å². The molecule has 1 saturated heterocycles. The van der Waals surface area contributed by atoms with Gasteiger partial charge in [-0.1, -0.05) is 0 Å². The van der Waals surface area contributed by atoms with Crippen LogP contribution in [-0.4, -0.2) is 50.6 Å². The van der Waals surface area contributed by atoms with E-state index in [9.17, 15) is 4.79 Å². The number of nitrogens with one attached hydrogen (secondary N) is 2. The summed E-state index contributed by atoms with van der Waals surface area (Å²) < 4.78 is 22.5. The Hall–Kier alpha value is -1.99. The van der Waals surface area contributed by atoms with E-state index in [2.05, 4.69) is 10.6 Å². The Morgan fingerprint density at radius 3 is 2.63 bits per heavy atom. The molecule has 2 N–H and O–H groups in total. The lowest BCUT2D eigenvalue weighted by Crippen LogP contribution is -2.56. The molecule has 0 aromatic heterocycles. The fourth-order valence-corrected chi connectivity index (χ4v) is 4.14. The highest BCUT2D eigenvalue weighted by Crippen LogP contribution is 2.36. The van der Waals surface area contributed by atoms with Gasteiger partial charge in [-0.15, -0.1) is 0 Å². The van der Waals surface area contributed by atoms with Gasteiger partial charge in [0.25, 0.3) is 5.91 Å². The molecule has 0 radical (unpaired) electrons. The minimum Gasteiger partial charge on any atom is -0.490 e. The molecular formula is C20H28N2O5. The Morgan fingerprint density at radius 2 is 1.89 bits per heavy atom. The molecule has 3 aliphatic rings. The van der Waals surface area contributed by atoms with Crippen LogP contribution in [0.25, 0.3) is 0 Å². The van der Waals surface area contributed by atoms with Crippen LogP contribution in [0.15, 0.2) is 18.2 Å². The molecule has 148 valence electrons. The zero-order chi connectivity index (χ0) is 18.7. The standard InChI is InChI=1S/C20H28N2O5/c1-24-20(8-10-21-11-9-20)19(23)22-14-2-4-15(5-3-14)27-16-6-7-17-18(12-16)26-13-25-17/h6-7,12,14-15,21H,2-5,8-11,13H2,1H3,(H,22,23). The van der Waals surface area contributed by atoms with Crippen molar-refractivity contribution in [3.8, 4) is 17.2 Å². The number of fused-ring (bicyclic) bond motifs is 1. The Morgan fingerprint density at radius 1 is 1.15 bits per heavy atom. The number of methoxy groups -OCH3 is 1. The molecular weight excluding hydrogens is 348 g/mol. The molecule has 7 heteroatoms. The zero-order valence-electron chi connectivity index (χ0n) is 15.8. The molecule has 0 atom stereocenters. The lowest BCUT2D eigenvalue weighted by atomic mass is 9.88. The fourth-order valence-electron chi connectivity index (χ4n) is 4.14. The first-order valence-electron chi connectivity index (χ1n) is 9.82. The van der Waals surface area contributed by atoms with E-state index in [1.54, 1.807) is 7.11 Å². The maximum atomic E-state index is 12.8. The second-order valence-electron chi connectivity index (χ2n) is 7.53. The van der Waals surface area contributed by atoms with Crippen LogP contribution in [0.2, 0.25) is 0 Å². The Balaban J connectivity index is 1.27. The zero-order valence-corrected chi connectivity index (χ0v) is 15.8. The van der Waals surface area contributed by atoms with Gasteiger partial charge in [0.05, 0.1) is 6.10 Å². The molecule has 1 aliphatic carbocycles. The number of hydrogen-bond acceptors (Lipinski definition) is 6. The van der Waals surface area contributed by atoms with Gasteiger partial charge in [0, 0.05) is 19.2 Å². The maximum absolute atomic E-state index is 12.8. The van der Waals surface area contributed by atoms with Gasteiger partial charge in [-0.25, -0.2) is 0 Å². The highest BCUT2D eigenvalue weighted by molar-refractivity contribution is 5.85. The third-order valence-electron chi connectivity index (χ3n) is 5.87. The summed E-state index contributed by atoms with van der Waals surface area (Å²) in [6.07, 6.45) is 5.27. The first-order chi connectivity index (χ1) is 13.2. The molecule has 7 nitrogen and oxygen atoms in total. The van der Waals surface area contributed by atoms with Gasteiger partial charge in [0.2, 0.25) is 6.79 Å². The number of carbonyl (C=O) groups excluding carboxylic acids is 1. The lowest BCUT2D eigenvalue weighted by molar-refractivity contribution is -0.147. The third kappa shape index (κ3) is 3.99. The first kappa shape index (κ1) is 18.4. The number of piperidine rings is 1. The van der Waals surface area contributed by atoms with Gasteiger partial charge in [-0.3, -0.25) is 4.79 Å². The molecule has 4 rings (SSSR count). The smallest absolute Gasteiger partial charge is 0.252 e. The van der Waals surface area contributed by atoms with Crippen LogP contribution in [0, 0.1) is 0 Å². The third-order valence-corrected chi connectivity index (χ3v) is 5.87. The molecule has 27 heavy (non-hydrogen) atoms. The van der Waals surface area contributed by atoms with Gasteiger partial charge in [-0.05, 0) is 63.7 Å². The summed E-state index contributed by atoms with van der Waals surface area (Å²) >= 11 is 0. The highest BCUT2D eigenvalue weighted by atomic mass is 16.7. The molecule has 1 amide bonds. The topological polar surface area (TPSA) is 78.1 Å². The summed E-state index contributed by atoms with van der Waals surface area (Å²) in [6, 6.07) is 5.87. The number of amides is 1. The average Bonchev–Trinajstić information content (AvgIpc) is 3.18. The van der Waals surface area contributed by atoms with E-state index >= 15 is 0 Å². The minimum atomic E-state index is -0.676. The fraction of sp³-hybridized carbons (Fsp3) is 0.650. The Labute approximate surface area is 159 Å². The van der Waals surface area contributed by atoms with Gasteiger partial charge in [-0.2, -0.15) is 0 Å². The monoisotopic (exact) mass is 376 g/mol. The molecule has 1 aromatic rings. The Kier molecular flexibility index (Phi) is 5.41. The van der Waals surface area contributed by atoms with Crippen molar-refractivity contribution in [2.24, 2.45) is 0 Å². The van der Waals surface area contributed by atoms with Crippen molar-refractivity contribution in [1.29, 1.82) is 0 Å². The normalized spacial score (nSPS) is 26.4. The van der Waals surface area contributed by atoms with Gasteiger partial charge in [0.1, 0.15) is 11.4 Å². The van der Waals surface area contributed by atoms with E-state index in [1.165, 1.54) is 0 Å². The second kappa shape index (κ2) is 7.94. The van der Waals surface area contributed by atoms with Crippen LogP contribution in [0.1, 0.15) is 38.5 Å². The summed E-state index contributed by atoms with van der Waals surface area (Å²) in [6.45, 7) is 1.90. The van der Waals surface area contributed by atoms with Crippen molar-refractivity contribution in [3.63, 3.8) is 0 Å². The molecule has 2 aliphatic heterocycles. The molecule has 2 heterocycles. The SMILES string of the molecule is COC1(C(=O)NC2CCC(Oc3ccc4c(c3)OCO4)CC2)CCNCC1. The maximum Gasteiger partial charge on any atom is 0.252 e. The predicted molar refractivity (Wildman–Crippen MR) is 99.2 cm³/mol. The molecule has 1 aromatic carbocycles. The van der Waals surface area contributed by atoms with Crippen molar-refractivity contribution in [2.75, 3.05) is 27.0 Å². The van der Waals surface area contributed by atoms with E-state index in [-0.39, 0.29) is 24.8 Å². The van der Waals surface area contributed by atoms with Crippen molar-refractivity contribution in [3.05, 3.63) is 18.2 Å². The van der Waals surface area contributed by atoms with Crippen molar-refractivity contribution >= 4 is 5.91 Å². The van der Waals surface area contributed by atoms with Crippen LogP contribution in [0.5, 0.6) is 17.2 Å². The van der Waals surface area contributed by atoms with Gasteiger partial charge < -0.3 is 29.6 Å². The molecule has 0 bridgehead atoms. The van der Waals surface area contributed by atoms with Crippen LogP contribution >= 0.6 is 0 Å². The van der Waals surface area contributed by atoms with E-state index in [0.29, 0.717) is 0 Å². The summed E-state index contributed by atoms with van der Waals surface area (Å²) in [4.78, 5) is 12.8. The Bertz CT molecular complexity index is 666. The number of ether oxygens (including phenoxy) is 4. The summed E-state index contributed by atoms with van der Waals surface area (Å²) in [5, 5.41) is 6.50. The van der Waals surface area contributed by atoms with Crippen LogP contribution in [-0.2, 0) is 9.53 Å². The number of hydrogen-bond donors (Lipinski definition) is 2. The van der Waals surface area contributed by atoms with Crippen LogP contribution < -0.4 is 24.8 Å². The first-order valence-corrected chi connectivity index (χ1v) is 9.82. The molecule has 1 saturated carbocycles. The van der Waals surface area contributed by atoms with Gasteiger partial charge >= 0.3 is 0 Å². The van der Waals surface area contributed by atoms with Crippen LogP contribution in [0.4, 0.5) is 0 Å². The van der Waals surface area contributed by atoms with E-state index in [1.807, 2.05) is 18.2 Å². The largest absolute Gasteiger partial charge is 0.490 e. The average molecular weight is 376 g/mol. The summed E-state index contributed by atoms with van der Waals surface area (Å²) in [5.74, 6) is 2.34. The molecule has 2 fully saturated rings. The molecule has 0 spiro atoms. The minimum absolute atomic E-state index is 0.0339. The summed E-state index contributed by atoms with van der Waals surface area (Å²) in [7, 11) is 1.64. The highest BCUT2D eigenvalue weighted by Gasteiger charge is 2.40. The molecule has 0 unspecified atom stereocenters. The number of benzene rings is 1. The van der Waals surface area contributed by atoms with E-state index in [0.717, 1.165) is 68.9 Å². The quantitative estimate of drug-likeness (QED) is 0.818. The summed E-state index contributed by atoms with van der Waals surface area (Å²) in [5.41, 5.74) is -0.676. The van der Waals surface area contributed by atoms with Gasteiger partial charge in [0.15, 0.2) is 11.5 Å². The number of rotatable bonds is 5. The van der Waals surface area contributed by atoms with E-state index < -0.39 is 5.60 Å². The number of carbonyl (C=O) groups is 1. The van der Waals surface area contributed by atoms with E-state index in [4.69, 9.17) is 18.9 Å². The lowest BCUT2D eigenvalue weighted by Gasteiger charge is -2.37. The van der Waals surface area contributed by atoms with Crippen molar-refractivity contribution in [1.82, 2.24) is 10.6 Å².